The van der Waals surface area contributed by atoms with Crippen LogP contribution in [0.3, 0.4) is 0 Å². The van der Waals surface area contributed by atoms with E-state index in [9.17, 15) is 13.2 Å². The molecule has 0 fully saturated rings. The predicted molar refractivity (Wildman–Crippen MR) is 115 cm³/mol. The van der Waals surface area contributed by atoms with Crippen LogP contribution in [0.2, 0.25) is 0 Å². The Morgan fingerprint density at radius 3 is 2.41 bits per heavy atom. The molecule has 152 valence electrons. The Labute approximate surface area is 171 Å². The maximum atomic E-state index is 12.8. The largest absolute Gasteiger partial charge is 0.361 e. The molecule has 0 saturated carbocycles. The van der Waals surface area contributed by atoms with Crippen LogP contribution >= 0.6 is 0 Å². The van der Waals surface area contributed by atoms with E-state index in [0.717, 1.165) is 17.7 Å². The fourth-order valence-corrected chi connectivity index (χ4v) is 4.06. The van der Waals surface area contributed by atoms with Crippen LogP contribution in [0.4, 0.5) is 11.4 Å². The summed E-state index contributed by atoms with van der Waals surface area (Å²) in [6, 6.07) is 14.0. The minimum absolute atomic E-state index is 0.143. The molecule has 1 amide bonds. The zero-order valence-electron chi connectivity index (χ0n) is 16.6. The molecule has 0 atom stereocenters. The molecule has 0 spiro atoms. The van der Waals surface area contributed by atoms with Gasteiger partial charge in [-0.25, -0.2) is 13.1 Å². The fourth-order valence-electron chi connectivity index (χ4n) is 3.02. The van der Waals surface area contributed by atoms with E-state index in [1.165, 1.54) is 17.1 Å². The molecule has 0 radical (unpaired) electrons. The molecule has 1 aliphatic rings. The Balaban J connectivity index is 1.81. The van der Waals surface area contributed by atoms with Crippen molar-refractivity contribution in [2.75, 3.05) is 16.9 Å². The second-order valence-corrected chi connectivity index (χ2v) is 8.28. The molecule has 1 aliphatic heterocycles. The molecule has 2 N–H and O–H groups in total. The number of nitrogens with one attached hydrogen (secondary N) is 2. The van der Waals surface area contributed by atoms with Crippen LogP contribution in [-0.2, 0) is 21.2 Å². The molecule has 8 heteroatoms. The van der Waals surface area contributed by atoms with Gasteiger partial charge < -0.3 is 5.32 Å². The normalized spacial score (nSPS) is 15.7. The molecular weight excluding hydrogens is 388 g/mol. The van der Waals surface area contributed by atoms with Gasteiger partial charge in [0.15, 0.2) is 0 Å². The highest BCUT2D eigenvalue weighted by Crippen LogP contribution is 2.25. The molecule has 2 aromatic rings. The molecule has 7 nitrogen and oxygen atoms in total. The first kappa shape index (κ1) is 20.8. The summed E-state index contributed by atoms with van der Waals surface area (Å²) in [7, 11) is -3.54. The highest BCUT2D eigenvalue weighted by Gasteiger charge is 2.29. The van der Waals surface area contributed by atoms with Gasteiger partial charge in [0.1, 0.15) is 0 Å². The van der Waals surface area contributed by atoms with Crippen LogP contribution in [0.25, 0.3) is 0 Å². The summed E-state index contributed by atoms with van der Waals surface area (Å²) in [5.74, 6) is -0.272. The lowest BCUT2D eigenvalue weighted by atomic mass is 10.1. The standard InChI is InChI=1S/C21H24N4O3S/c1-4-16-8-6-7-9-20(16)22-14-19-15(3)24-25(21(19)26)17-10-12-18(13-11-17)29(27,28)23-5-2/h6-14,22-23H,4-5H2,1-3H3. The highest BCUT2D eigenvalue weighted by atomic mass is 32.2. The first-order valence-electron chi connectivity index (χ1n) is 9.41. The first-order valence-corrected chi connectivity index (χ1v) is 10.9. The van der Waals surface area contributed by atoms with E-state index >= 15 is 0 Å². The van der Waals surface area contributed by atoms with Crippen LogP contribution in [-0.4, -0.2) is 26.6 Å². The van der Waals surface area contributed by atoms with Gasteiger partial charge in [-0.3, -0.25) is 4.79 Å². The third-order valence-corrected chi connectivity index (χ3v) is 6.12. The smallest absolute Gasteiger partial charge is 0.282 e. The van der Waals surface area contributed by atoms with Gasteiger partial charge in [0.2, 0.25) is 10.0 Å². The number of benzene rings is 2. The van der Waals surface area contributed by atoms with Crippen molar-refractivity contribution < 1.29 is 13.2 Å². The van der Waals surface area contributed by atoms with Crippen molar-refractivity contribution in [3.05, 3.63) is 65.9 Å². The second-order valence-electron chi connectivity index (χ2n) is 6.51. The summed E-state index contributed by atoms with van der Waals surface area (Å²) >= 11 is 0. The molecule has 0 bridgehead atoms. The van der Waals surface area contributed by atoms with Crippen molar-refractivity contribution in [3.63, 3.8) is 0 Å². The van der Waals surface area contributed by atoms with E-state index in [-0.39, 0.29) is 10.8 Å². The molecule has 2 aromatic carbocycles. The van der Waals surface area contributed by atoms with Gasteiger partial charge in [-0.2, -0.15) is 10.1 Å². The topological polar surface area (TPSA) is 90.9 Å². The van der Waals surface area contributed by atoms with Crippen molar-refractivity contribution >= 4 is 33.0 Å². The Hall–Kier alpha value is -2.97. The molecule has 3 rings (SSSR count). The lowest BCUT2D eigenvalue weighted by Crippen LogP contribution is -2.24. The second kappa shape index (κ2) is 8.59. The number of nitrogens with zero attached hydrogens (tertiary/aromatic N) is 2. The average Bonchev–Trinajstić information content (AvgIpc) is 3.00. The number of rotatable bonds is 7. The summed E-state index contributed by atoms with van der Waals surface area (Å²) in [6.07, 6.45) is 2.54. The maximum Gasteiger partial charge on any atom is 0.282 e. The van der Waals surface area contributed by atoms with Gasteiger partial charge in [-0.05, 0) is 49.2 Å². The lowest BCUT2D eigenvalue weighted by Gasteiger charge is -2.13. The van der Waals surface area contributed by atoms with Gasteiger partial charge in [0.05, 0.1) is 21.9 Å². The van der Waals surface area contributed by atoms with E-state index in [4.69, 9.17) is 0 Å². The van der Waals surface area contributed by atoms with E-state index < -0.39 is 10.0 Å². The Morgan fingerprint density at radius 1 is 1.07 bits per heavy atom. The summed E-state index contributed by atoms with van der Waals surface area (Å²) in [6.45, 7) is 5.86. The van der Waals surface area contributed by atoms with Crippen LogP contribution in [0.15, 0.2) is 70.3 Å². The van der Waals surface area contributed by atoms with Gasteiger partial charge >= 0.3 is 0 Å². The predicted octanol–water partition coefficient (Wildman–Crippen LogP) is 3.27. The first-order chi connectivity index (χ1) is 13.9. The highest BCUT2D eigenvalue weighted by molar-refractivity contribution is 7.89. The van der Waals surface area contributed by atoms with E-state index in [1.807, 2.05) is 24.3 Å². The maximum absolute atomic E-state index is 12.8. The monoisotopic (exact) mass is 412 g/mol. The summed E-state index contributed by atoms with van der Waals surface area (Å²) in [5, 5.41) is 8.81. The van der Waals surface area contributed by atoms with Crippen molar-refractivity contribution in [2.24, 2.45) is 5.10 Å². The average molecular weight is 413 g/mol. The molecule has 29 heavy (non-hydrogen) atoms. The van der Waals surface area contributed by atoms with Gasteiger partial charge in [0, 0.05) is 18.4 Å². The number of sulfonamides is 1. The molecular formula is C21H24N4O3S. The summed E-state index contributed by atoms with van der Waals surface area (Å²) in [4.78, 5) is 13.0. The summed E-state index contributed by atoms with van der Waals surface area (Å²) < 4.78 is 26.6. The van der Waals surface area contributed by atoms with Crippen molar-refractivity contribution in [1.29, 1.82) is 0 Å². The number of carbonyl (C=O) groups excluding carboxylic acids is 1. The minimum Gasteiger partial charge on any atom is -0.361 e. The number of hydrazone groups is 1. The van der Waals surface area contributed by atoms with Crippen LogP contribution in [0.1, 0.15) is 26.3 Å². The fraction of sp³-hybridized carbons (Fsp3) is 0.238. The molecule has 0 aliphatic carbocycles. The van der Waals surface area contributed by atoms with E-state index in [2.05, 4.69) is 22.1 Å². The number of amides is 1. The number of hydrogen-bond donors (Lipinski definition) is 2. The zero-order valence-corrected chi connectivity index (χ0v) is 17.5. The number of carbonyl (C=O) groups is 1. The molecule has 0 saturated heterocycles. The van der Waals surface area contributed by atoms with Gasteiger partial charge in [0.25, 0.3) is 5.91 Å². The number of para-hydroxylation sites is 1. The quantitative estimate of drug-likeness (QED) is 0.683. The van der Waals surface area contributed by atoms with E-state index in [0.29, 0.717) is 23.5 Å². The molecule has 0 unspecified atom stereocenters. The number of hydrogen-bond acceptors (Lipinski definition) is 5. The lowest BCUT2D eigenvalue weighted by molar-refractivity contribution is -0.114. The third kappa shape index (κ3) is 4.38. The molecule has 1 heterocycles. The van der Waals surface area contributed by atoms with Crippen molar-refractivity contribution in [2.45, 2.75) is 32.1 Å². The third-order valence-electron chi connectivity index (χ3n) is 4.56. The number of anilines is 2. The Morgan fingerprint density at radius 2 is 1.76 bits per heavy atom. The van der Waals surface area contributed by atoms with Crippen molar-refractivity contribution in [3.8, 4) is 0 Å². The number of aryl methyl sites for hydroxylation is 1. The Bertz CT molecular complexity index is 1070. The molecule has 0 aromatic heterocycles. The van der Waals surface area contributed by atoms with Crippen LogP contribution in [0.5, 0.6) is 0 Å². The Kier molecular flexibility index (Phi) is 6.14. The van der Waals surface area contributed by atoms with Gasteiger partial charge in [-0.15, -0.1) is 0 Å². The van der Waals surface area contributed by atoms with Crippen molar-refractivity contribution in [1.82, 2.24) is 4.72 Å². The minimum atomic E-state index is -3.54. The van der Waals surface area contributed by atoms with Crippen LogP contribution < -0.4 is 15.0 Å². The van der Waals surface area contributed by atoms with Crippen LogP contribution in [0, 0.1) is 0 Å². The van der Waals surface area contributed by atoms with Gasteiger partial charge in [-0.1, -0.05) is 32.0 Å². The van der Waals surface area contributed by atoms with E-state index in [1.54, 1.807) is 32.2 Å². The SMILES string of the molecule is CCNS(=O)(=O)c1ccc(N2N=C(C)C(=CNc3ccccc3CC)C2=O)cc1. The summed E-state index contributed by atoms with van der Waals surface area (Å²) in [5.41, 5.74) is 3.64. The zero-order chi connectivity index (χ0) is 21.0.